The second kappa shape index (κ2) is 8.45. The Kier molecular flexibility index (Phi) is 5.85. The summed E-state index contributed by atoms with van der Waals surface area (Å²) in [5, 5.41) is 0.814. The first kappa shape index (κ1) is 22.1. The first-order valence-corrected chi connectivity index (χ1v) is 10.7. The maximum absolute atomic E-state index is 12.7. The fourth-order valence-corrected chi connectivity index (χ4v) is 3.79. The topological polar surface area (TPSA) is 52.6 Å². The van der Waals surface area contributed by atoms with Crippen molar-refractivity contribution in [2.45, 2.75) is 26.2 Å². The maximum atomic E-state index is 12.7. The van der Waals surface area contributed by atoms with Gasteiger partial charge in [0.05, 0.1) is 11.1 Å². The van der Waals surface area contributed by atoms with E-state index in [-0.39, 0.29) is 22.7 Å². The van der Waals surface area contributed by atoms with Crippen LogP contribution >= 0.6 is 23.2 Å². The normalized spacial score (nSPS) is 14.3. The third-order valence-electron chi connectivity index (χ3n) is 5.11. The molecule has 3 aromatic rings. The Hall–Kier alpha value is -3.08. The second-order valence-electron chi connectivity index (χ2n) is 8.45. The lowest BCUT2D eigenvalue weighted by molar-refractivity contribution is 0.0734. The van der Waals surface area contributed by atoms with E-state index in [1.807, 2.05) is 12.1 Å². The Balaban J connectivity index is 1.54. The van der Waals surface area contributed by atoms with E-state index < -0.39 is 5.97 Å². The van der Waals surface area contributed by atoms with E-state index in [0.717, 1.165) is 5.56 Å². The predicted molar refractivity (Wildman–Crippen MR) is 126 cm³/mol. The average Bonchev–Trinajstić information content (AvgIpc) is 3.05. The van der Waals surface area contributed by atoms with Gasteiger partial charge in [0.2, 0.25) is 5.78 Å². The highest BCUT2D eigenvalue weighted by Crippen LogP contribution is 2.36. The lowest BCUT2D eigenvalue weighted by Gasteiger charge is -2.18. The number of rotatable bonds is 3. The van der Waals surface area contributed by atoms with Gasteiger partial charge >= 0.3 is 5.97 Å². The number of fused-ring (bicyclic) bond motifs is 1. The van der Waals surface area contributed by atoms with Crippen LogP contribution in [0.25, 0.3) is 6.08 Å². The Bertz CT molecular complexity index is 1230. The predicted octanol–water partition coefficient (Wildman–Crippen LogP) is 7.13. The minimum Gasteiger partial charge on any atom is -0.452 e. The van der Waals surface area contributed by atoms with Gasteiger partial charge in [-0.15, -0.1) is 0 Å². The minimum absolute atomic E-state index is 0.00821. The first-order chi connectivity index (χ1) is 15.1. The van der Waals surface area contributed by atoms with Gasteiger partial charge in [0, 0.05) is 21.7 Å². The zero-order valence-electron chi connectivity index (χ0n) is 17.7. The lowest BCUT2D eigenvalue weighted by atomic mass is 9.87. The third kappa shape index (κ3) is 4.43. The van der Waals surface area contributed by atoms with Gasteiger partial charge in [-0.05, 0) is 53.5 Å². The van der Waals surface area contributed by atoms with Gasteiger partial charge in [0.25, 0.3) is 0 Å². The van der Waals surface area contributed by atoms with Crippen molar-refractivity contribution in [3.8, 4) is 11.5 Å². The number of allylic oxidation sites excluding steroid dienone is 1. The minimum atomic E-state index is -0.492. The van der Waals surface area contributed by atoms with Crippen LogP contribution in [-0.2, 0) is 5.41 Å². The molecule has 6 heteroatoms. The SMILES string of the molecule is CC(C)(C)c1ccc(C(=O)Oc2ccc3c(c2)OC(=Cc2c(Cl)cccc2Cl)C3=O)cc1. The quantitative estimate of drug-likeness (QED) is 0.234. The van der Waals surface area contributed by atoms with Crippen LogP contribution in [0.5, 0.6) is 11.5 Å². The van der Waals surface area contributed by atoms with Crippen LogP contribution in [0.15, 0.2) is 66.4 Å². The van der Waals surface area contributed by atoms with E-state index in [0.29, 0.717) is 32.5 Å². The highest BCUT2D eigenvalue weighted by Gasteiger charge is 2.28. The first-order valence-electron chi connectivity index (χ1n) is 9.98. The molecule has 162 valence electrons. The Labute approximate surface area is 196 Å². The molecule has 3 aromatic carbocycles. The average molecular weight is 467 g/mol. The molecule has 0 spiro atoms. The number of halogens is 2. The van der Waals surface area contributed by atoms with Crippen LogP contribution in [-0.4, -0.2) is 11.8 Å². The smallest absolute Gasteiger partial charge is 0.343 e. The number of hydrogen-bond donors (Lipinski definition) is 0. The molecule has 0 amide bonds. The summed E-state index contributed by atoms with van der Waals surface area (Å²) in [5.41, 5.74) is 2.41. The van der Waals surface area contributed by atoms with E-state index in [9.17, 15) is 9.59 Å². The van der Waals surface area contributed by atoms with Crippen molar-refractivity contribution in [2.24, 2.45) is 0 Å². The van der Waals surface area contributed by atoms with E-state index >= 15 is 0 Å². The molecular weight excluding hydrogens is 447 g/mol. The highest BCUT2D eigenvalue weighted by molar-refractivity contribution is 6.37. The van der Waals surface area contributed by atoms with Crippen molar-refractivity contribution in [1.29, 1.82) is 0 Å². The van der Waals surface area contributed by atoms with Gasteiger partial charge in [-0.3, -0.25) is 4.79 Å². The zero-order valence-corrected chi connectivity index (χ0v) is 19.3. The van der Waals surface area contributed by atoms with Crippen molar-refractivity contribution in [1.82, 2.24) is 0 Å². The summed E-state index contributed by atoms with van der Waals surface area (Å²) in [6, 6.07) is 17.0. The molecule has 0 saturated heterocycles. The molecule has 0 atom stereocenters. The van der Waals surface area contributed by atoms with Gasteiger partial charge in [-0.25, -0.2) is 4.79 Å². The third-order valence-corrected chi connectivity index (χ3v) is 5.77. The Morgan fingerprint density at radius 2 is 1.62 bits per heavy atom. The summed E-state index contributed by atoms with van der Waals surface area (Å²) in [4.78, 5) is 25.3. The molecule has 0 bridgehead atoms. The molecule has 0 N–H and O–H groups in total. The molecule has 0 fully saturated rings. The van der Waals surface area contributed by atoms with Gasteiger partial charge in [-0.1, -0.05) is 62.2 Å². The van der Waals surface area contributed by atoms with Crippen molar-refractivity contribution in [3.05, 3.63) is 98.7 Å². The number of esters is 1. The van der Waals surface area contributed by atoms with E-state index in [1.165, 1.54) is 12.1 Å². The molecule has 1 heterocycles. The molecule has 0 unspecified atom stereocenters. The highest BCUT2D eigenvalue weighted by atomic mass is 35.5. The number of benzene rings is 3. The van der Waals surface area contributed by atoms with E-state index in [4.69, 9.17) is 32.7 Å². The van der Waals surface area contributed by atoms with Gasteiger partial charge in [0.1, 0.15) is 11.5 Å². The molecule has 0 saturated carbocycles. The number of ether oxygens (including phenoxy) is 2. The second-order valence-corrected chi connectivity index (χ2v) is 9.26. The van der Waals surface area contributed by atoms with E-state index in [1.54, 1.807) is 42.5 Å². The maximum Gasteiger partial charge on any atom is 0.343 e. The van der Waals surface area contributed by atoms with Crippen molar-refractivity contribution in [3.63, 3.8) is 0 Å². The van der Waals surface area contributed by atoms with Gasteiger partial charge in [-0.2, -0.15) is 0 Å². The number of carbonyl (C=O) groups is 2. The molecular formula is C26H20Cl2O4. The number of carbonyl (C=O) groups excluding carboxylic acids is 2. The summed E-state index contributed by atoms with van der Waals surface area (Å²) in [5.74, 6) is -0.118. The zero-order chi connectivity index (χ0) is 23.0. The summed E-state index contributed by atoms with van der Waals surface area (Å²) in [6.07, 6.45) is 1.51. The molecule has 32 heavy (non-hydrogen) atoms. The number of Topliss-reactive ketones (excluding diaryl/α,β-unsaturated/α-hetero) is 1. The Morgan fingerprint density at radius 3 is 2.25 bits per heavy atom. The van der Waals surface area contributed by atoms with E-state index in [2.05, 4.69) is 20.8 Å². The molecule has 0 radical (unpaired) electrons. The number of ketones is 1. The van der Waals surface area contributed by atoms with Gasteiger partial charge in [0.15, 0.2) is 5.76 Å². The van der Waals surface area contributed by atoms with Crippen LogP contribution in [0.1, 0.15) is 52.6 Å². The van der Waals surface area contributed by atoms with Crippen molar-refractivity contribution in [2.75, 3.05) is 0 Å². The molecule has 1 aliphatic heterocycles. The molecule has 0 aromatic heterocycles. The van der Waals surface area contributed by atoms with Crippen LogP contribution in [0.2, 0.25) is 10.0 Å². The van der Waals surface area contributed by atoms with Crippen molar-refractivity contribution < 1.29 is 19.1 Å². The number of hydrogen-bond acceptors (Lipinski definition) is 4. The van der Waals surface area contributed by atoms with Crippen molar-refractivity contribution >= 4 is 41.0 Å². The molecule has 0 aliphatic carbocycles. The summed E-state index contributed by atoms with van der Waals surface area (Å²) < 4.78 is 11.2. The fraction of sp³-hybridized carbons (Fsp3) is 0.154. The fourth-order valence-electron chi connectivity index (χ4n) is 3.28. The summed E-state index contributed by atoms with van der Waals surface area (Å²) >= 11 is 12.4. The summed E-state index contributed by atoms with van der Waals surface area (Å²) in [7, 11) is 0. The van der Waals surface area contributed by atoms with Crippen LogP contribution < -0.4 is 9.47 Å². The molecule has 4 nitrogen and oxygen atoms in total. The van der Waals surface area contributed by atoms with Gasteiger partial charge < -0.3 is 9.47 Å². The van der Waals surface area contributed by atoms with Crippen LogP contribution in [0.4, 0.5) is 0 Å². The summed E-state index contributed by atoms with van der Waals surface area (Å²) in [6.45, 7) is 6.32. The largest absolute Gasteiger partial charge is 0.452 e. The molecule has 1 aliphatic rings. The van der Waals surface area contributed by atoms with Crippen LogP contribution in [0, 0.1) is 0 Å². The van der Waals surface area contributed by atoms with Crippen LogP contribution in [0.3, 0.4) is 0 Å². The lowest BCUT2D eigenvalue weighted by Crippen LogP contribution is -2.12. The Morgan fingerprint density at radius 1 is 0.969 bits per heavy atom. The molecule has 4 rings (SSSR count). The standard InChI is InChI=1S/C26H20Cl2O4/c1-26(2,3)16-9-7-15(8-10-16)25(30)31-17-11-12-18-22(13-17)32-23(24(18)29)14-19-20(27)5-4-6-21(19)28/h4-14H,1-3H3. The monoisotopic (exact) mass is 466 g/mol.